The monoisotopic (exact) mass is 294 g/mol. The SMILES string of the molecule is CO[SiH](OC)C1CCCCC1.O[Si](O)(O)C1CC1. The molecule has 18 heavy (non-hydrogen) atoms. The van der Waals surface area contributed by atoms with Crippen LogP contribution in [-0.4, -0.2) is 46.7 Å². The lowest BCUT2D eigenvalue weighted by Gasteiger charge is -2.25. The molecule has 2 aliphatic carbocycles. The maximum Gasteiger partial charge on any atom is 0.496 e. The Balaban J connectivity index is 0.000000199. The van der Waals surface area contributed by atoms with Crippen LogP contribution in [0.15, 0.2) is 0 Å². The molecular weight excluding hydrogens is 268 g/mol. The topological polar surface area (TPSA) is 79.2 Å². The van der Waals surface area contributed by atoms with Gasteiger partial charge in [-0.05, 0) is 31.2 Å². The summed E-state index contributed by atoms with van der Waals surface area (Å²) in [7, 11) is -1.32. The van der Waals surface area contributed by atoms with Gasteiger partial charge >= 0.3 is 18.1 Å². The van der Waals surface area contributed by atoms with Crippen LogP contribution in [0.5, 0.6) is 0 Å². The molecule has 2 fully saturated rings. The van der Waals surface area contributed by atoms with E-state index in [1.807, 2.05) is 0 Å². The number of hydrogen-bond donors (Lipinski definition) is 3. The Labute approximate surface area is 112 Å². The molecule has 0 unspecified atom stereocenters. The van der Waals surface area contributed by atoms with Crippen molar-refractivity contribution in [1.82, 2.24) is 0 Å². The van der Waals surface area contributed by atoms with Crippen molar-refractivity contribution in [3.05, 3.63) is 0 Å². The van der Waals surface area contributed by atoms with Crippen LogP contribution >= 0.6 is 0 Å². The van der Waals surface area contributed by atoms with Gasteiger partial charge in [0, 0.05) is 19.8 Å². The molecule has 3 N–H and O–H groups in total. The minimum absolute atomic E-state index is 0.146. The first-order valence-corrected chi connectivity index (χ1v) is 10.2. The summed E-state index contributed by atoms with van der Waals surface area (Å²) in [5.74, 6) is 0. The van der Waals surface area contributed by atoms with E-state index in [-0.39, 0.29) is 5.54 Å². The van der Waals surface area contributed by atoms with Crippen molar-refractivity contribution in [3.63, 3.8) is 0 Å². The number of hydrogen-bond acceptors (Lipinski definition) is 5. The van der Waals surface area contributed by atoms with Crippen molar-refractivity contribution in [2.24, 2.45) is 0 Å². The van der Waals surface area contributed by atoms with Crippen LogP contribution in [0.4, 0.5) is 0 Å². The molecule has 0 amide bonds. The van der Waals surface area contributed by atoms with Gasteiger partial charge in [0.2, 0.25) is 0 Å². The molecule has 2 aliphatic rings. The van der Waals surface area contributed by atoms with Crippen molar-refractivity contribution in [2.75, 3.05) is 14.2 Å². The van der Waals surface area contributed by atoms with E-state index in [0.29, 0.717) is 0 Å². The molecule has 0 spiro atoms. The van der Waals surface area contributed by atoms with Crippen molar-refractivity contribution in [1.29, 1.82) is 0 Å². The molecule has 2 rings (SSSR count). The smallest absolute Gasteiger partial charge is 0.400 e. The van der Waals surface area contributed by atoms with Gasteiger partial charge in [-0.2, -0.15) is 0 Å². The Kier molecular flexibility index (Phi) is 7.00. The predicted octanol–water partition coefficient (Wildman–Crippen LogP) is 0.900. The van der Waals surface area contributed by atoms with Gasteiger partial charge in [0.05, 0.1) is 0 Å². The molecule has 7 heteroatoms. The van der Waals surface area contributed by atoms with Crippen molar-refractivity contribution in [3.8, 4) is 0 Å². The quantitative estimate of drug-likeness (QED) is 0.671. The fourth-order valence-corrected chi connectivity index (χ4v) is 5.28. The zero-order valence-corrected chi connectivity index (χ0v) is 13.5. The summed E-state index contributed by atoms with van der Waals surface area (Å²) in [6, 6.07) is 0. The maximum atomic E-state index is 8.41. The standard InChI is InChI=1S/C8H18O2Si.C3H8O3Si/c1-9-11(10-2)8-6-4-3-5-7-8;4-7(5,6)3-1-2-3/h8,11H,3-7H2,1-2H3;3-6H,1-2H2. The molecule has 0 aromatic carbocycles. The van der Waals surface area contributed by atoms with Crippen LogP contribution in [0.2, 0.25) is 11.1 Å². The zero-order chi connectivity index (χ0) is 13.6. The van der Waals surface area contributed by atoms with Crippen LogP contribution in [0.1, 0.15) is 44.9 Å². The lowest BCUT2D eigenvalue weighted by Crippen LogP contribution is -2.34. The van der Waals surface area contributed by atoms with Crippen LogP contribution in [-0.2, 0) is 8.85 Å². The normalized spacial score (nSPS) is 21.7. The van der Waals surface area contributed by atoms with E-state index in [2.05, 4.69) is 0 Å². The Morgan fingerprint density at radius 3 is 1.67 bits per heavy atom. The first kappa shape index (κ1) is 16.3. The predicted molar refractivity (Wildman–Crippen MR) is 73.4 cm³/mol. The molecule has 0 saturated heterocycles. The highest BCUT2D eigenvalue weighted by Crippen LogP contribution is 2.41. The van der Waals surface area contributed by atoms with Crippen LogP contribution in [0.25, 0.3) is 0 Å². The Bertz CT molecular complexity index is 220. The van der Waals surface area contributed by atoms with E-state index in [4.69, 9.17) is 23.2 Å². The summed E-state index contributed by atoms with van der Waals surface area (Å²) in [5, 5.41) is 0. The maximum absolute atomic E-state index is 8.41. The average Bonchev–Trinajstić information content (AvgIpc) is 3.16. The van der Waals surface area contributed by atoms with E-state index >= 15 is 0 Å². The summed E-state index contributed by atoms with van der Waals surface area (Å²) >= 11 is 0. The summed E-state index contributed by atoms with van der Waals surface area (Å²) in [5.41, 5.74) is 0.631. The summed E-state index contributed by atoms with van der Waals surface area (Å²) in [6.07, 6.45) is 8.40. The van der Waals surface area contributed by atoms with E-state index in [1.165, 1.54) is 32.1 Å². The van der Waals surface area contributed by atoms with Gasteiger partial charge in [0.15, 0.2) is 0 Å². The van der Waals surface area contributed by atoms with Crippen molar-refractivity contribution in [2.45, 2.75) is 56.0 Å². The molecule has 0 radical (unpaired) electrons. The van der Waals surface area contributed by atoms with Gasteiger partial charge in [0.25, 0.3) is 0 Å². The molecule has 0 aromatic heterocycles. The van der Waals surface area contributed by atoms with Crippen LogP contribution in [0, 0.1) is 0 Å². The van der Waals surface area contributed by atoms with Crippen molar-refractivity contribution >= 4 is 18.1 Å². The Morgan fingerprint density at radius 2 is 1.39 bits per heavy atom. The van der Waals surface area contributed by atoms with Crippen LogP contribution < -0.4 is 0 Å². The molecule has 0 aliphatic heterocycles. The van der Waals surface area contributed by atoms with Crippen molar-refractivity contribution < 1.29 is 23.2 Å². The number of rotatable bonds is 4. The molecule has 0 aromatic rings. The van der Waals surface area contributed by atoms with Gasteiger partial charge in [-0.15, -0.1) is 0 Å². The fraction of sp³-hybridized carbons (Fsp3) is 1.00. The van der Waals surface area contributed by atoms with E-state index in [1.54, 1.807) is 14.2 Å². The molecule has 2 saturated carbocycles. The molecule has 0 heterocycles. The summed E-state index contributed by atoms with van der Waals surface area (Å²) < 4.78 is 10.7. The van der Waals surface area contributed by atoms with Gasteiger partial charge < -0.3 is 23.2 Å². The highest BCUT2D eigenvalue weighted by Gasteiger charge is 2.46. The minimum atomic E-state index is -3.62. The Hall–Kier alpha value is 0.234. The largest absolute Gasteiger partial charge is 0.496 e. The Morgan fingerprint density at radius 1 is 0.889 bits per heavy atom. The van der Waals surface area contributed by atoms with Crippen LogP contribution in [0.3, 0.4) is 0 Å². The first-order valence-electron chi connectivity index (χ1n) is 6.71. The van der Waals surface area contributed by atoms with E-state index < -0.39 is 18.1 Å². The molecule has 5 nitrogen and oxygen atoms in total. The van der Waals surface area contributed by atoms with E-state index in [9.17, 15) is 0 Å². The summed E-state index contributed by atoms with van der Waals surface area (Å²) in [6.45, 7) is 0. The van der Waals surface area contributed by atoms with Gasteiger partial charge in [-0.1, -0.05) is 19.3 Å². The fourth-order valence-electron chi connectivity index (χ4n) is 2.36. The first-order chi connectivity index (χ1) is 8.49. The van der Waals surface area contributed by atoms with Gasteiger partial charge in [-0.25, -0.2) is 0 Å². The average molecular weight is 294 g/mol. The zero-order valence-electron chi connectivity index (χ0n) is 11.3. The van der Waals surface area contributed by atoms with E-state index in [0.717, 1.165) is 18.4 Å². The third-order valence-electron chi connectivity index (χ3n) is 3.62. The lowest BCUT2D eigenvalue weighted by atomic mass is 10.0. The van der Waals surface area contributed by atoms with Gasteiger partial charge in [0.1, 0.15) is 0 Å². The molecule has 0 bridgehead atoms. The third-order valence-corrected chi connectivity index (χ3v) is 7.66. The molecular formula is C11H26O5Si2. The van der Waals surface area contributed by atoms with Gasteiger partial charge in [-0.3, -0.25) is 0 Å². The summed E-state index contributed by atoms with van der Waals surface area (Å²) in [4.78, 5) is 25.2. The minimum Gasteiger partial charge on any atom is -0.400 e. The second-order valence-corrected chi connectivity index (χ2v) is 10.0. The third kappa shape index (κ3) is 5.92. The molecule has 108 valence electrons. The lowest BCUT2D eigenvalue weighted by molar-refractivity contribution is 0.225. The second-order valence-electron chi connectivity index (χ2n) is 5.20. The second kappa shape index (κ2) is 7.73. The highest BCUT2D eigenvalue weighted by molar-refractivity contribution is 6.58. The molecule has 0 atom stereocenters. The highest BCUT2D eigenvalue weighted by atomic mass is 28.4.